The Kier molecular flexibility index (Phi) is 4.16. The second-order valence-electron chi connectivity index (χ2n) is 5.83. The molecule has 1 saturated carbocycles. The zero-order valence-electron chi connectivity index (χ0n) is 11.6. The lowest BCUT2D eigenvalue weighted by molar-refractivity contribution is 0.189. The quantitative estimate of drug-likeness (QED) is 0.873. The summed E-state index contributed by atoms with van der Waals surface area (Å²) in [6.07, 6.45) is 6.86. The monoisotopic (exact) mass is 292 g/mol. The SMILES string of the molecule is O=C(NC1CCCC1)N1CCC[C@@H]1c1ccc(Cl)cc1. The van der Waals surface area contributed by atoms with Crippen molar-refractivity contribution in [3.8, 4) is 0 Å². The third-order valence-electron chi connectivity index (χ3n) is 4.45. The molecule has 1 aliphatic carbocycles. The molecule has 2 fully saturated rings. The molecular weight excluding hydrogens is 272 g/mol. The van der Waals surface area contributed by atoms with Crippen LogP contribution < -0.4 is 5.32 Å². The molecule has 1 saturated heterocycles. The summed E-state index contributed by atoms with van der Waals surface area (Å²) < 4.78 is 0. The fourth-order valence-electron chi connectivity index (χ4n) is 3.37. The van der Waals surface area contributed by atoms with Crippen LogP contribution >= 0.6 is 11.6 Å². The van der Waals surface area contributed by atoms with Gasteiger partial charge in [-0.15, -0.1) is 0 Å². The highest BCUT2D eigenvalue weighted by Gasteiger charge is 2.31. The summed E-state index contributed by atoms with van der Waals surface area (Å²) >= 11 is 5.94. The molecule has 4 heteroatoms. The summed E-state index contributed by atoms with van der Waals surface area (Å²) in [6, 6.07) is 8.57. The minimum absolute atomic E-state index is 0.106. The van der Waals surface area contributed by atoms with E-state index in [1.54, 1.807) is 0 Å². The summed E-state index contributed by atoms with van der Waals surface area (Å²) in [5, 5.41) is 3.94. The predicted octanol–water partition coefficient (Wildman–Crippen LogP) is 4.13. The molecule has 3 rings (SSSR count). The Labute approximate surface area is 125 Å². The summed E-state index contributed by atoms with van der Waals surface area (Å²) in [5.74, 6) is 0. The molecule has 0 aromatic heterocycles. The third-order valence-corrected chi connectivity index (χ3v) is 4.70. The van der Waals surface area contributed by atoms with Crippen LogP contribution in [0.1, 0.15) is 50.1 Å². The fraction of sp³-hybridized carbons (Fsp3) is 0.562. The molecule has 1 aromatic carbocycles. The van der Waals surface area contributed by atoms with E-state index in [0.29, 0.717) is 6.04 Å². The molecular formula is C16H21ClN2O. The predicted molar refractivity (Wildman–Crippen MR) is 80.9 cm³/mol. The maximum Gasteiger partial charge on any atom is 0.318 e. The molecule has 1 aromatic rings. The normalized spacial score (nSPS) is 23.2. The highest BCUT2D eigenvalue weighted by molar-refractivity contribution is 6.30. The van der Waals surface area contributed by atoms with Gasteiger partial charge in [0.1, 0.15) is 0 Å². The zero-order valence-corrected chi connectivity index (χ0v) is 12.4. The van der Waals surface area contributed by atoms with Crippen molar-refractivity contribution >= 4 is 17.6 Å². The smallest absolute Gasteiger partial charge is 0.318 e. The van der Waals surface area contributed by atoms with E-state index in [1.807, 2.05) is 29.2 Å². The number of nitrogens with zero attached hydrogens (tertiary/aromatic N) is 1. The first kappa shape index (κ1) is 13.7. The van der Waals surface area contributed by atoms with E-state index in [9.17, 15) is 4.79 Å². The highest BCUT2D eigenvalue weighted by Crippen LogP contribution is 2.32. The van der Waals surface area contributed by atoms with Crippen LogP contribution in [0.4, 0.5) is 4.79 Å². The van der Waals surface area contributed by atoms with Crippen LogP contribution in [0.25, 0.3) is 0 Å². The zero-order chi connectivity index (χ0) is 13.9. The first-order valence-electron chi connectivity index (χ1n) is 7.56. The van der Waals surface area contributed by atoms with E-state index in [-0.39, 0.29) is 12.1 Å². The molecule has 0 spiro atoms. The Hall–Kier alpha value is -1.22. The summed E-state index contributed by atoms with van der Waals surface area (Å²) in [5.41, 5.74) is 1.19. The van der Waals surface area contributed by atoms with Crippen LogP contribution in [-0.4, -0.2) is 23.5 Å². The van der Waals surface area contributed by atoms with Gasteiger partial charge in [0.2, 0.25) is 0 Å². The van der Waals surface area contributed by atoms with Gasteiger partial charge in [0.05, 0.1) is 6.04 Å². The van der Waals surface area contributed by atoms with E-state index in [1.165, 1.54) is 18.4 Å². The summed E-state index contributed by atoms with van der Waals surface area (Å²) in [4.78, 5) is 14.4. The van der Waals surface area contributed by atoms with Crippen LogP contribution in [-0.2, 0) is 0 Å². The van der Waals surface area contributed by atoms with E-state index in [0.717, 1.165) is 37.3 Å². The molecule has 0 unspecified atom stereocenters. The van der Waals surface area contributed by atoms with E-state index < -0.39 is 0 Å². The van der Waals surface area contributed by atoms with Crippen molar-refractivity contribution in [3.05, 3.63) is 34.9 Å². The second-order valence-corrected chi connectivity index (χ2v) is 6.27. The molecule has 0 bridgehead atoms. The maximum absolute atomic E-state index is 12.4. The minimum Gasteiger partial charge on any atom is -0.335 e. The van der Waals surface area contributed by atoms with Gasteiger partial charge in [0.15, 0.2) is 0 Å². The largest absolute Gasteiger partial charge is 0.335 e. The van der Waals surface area contributed by atoms with Crippen molar-refractivity contribution in [2.24, 2.45) is 0 Å². The Morgan fingerprint density at radius 3 is 2.50 bits per heavy atom. The second kappa shape index (κ2) is 6.04. The van der Waals surface area contributed by atoms with Gasteiger partial charge < -0.3 is 10.2 Å². The summed E-state index contributed by atoms with van der Waals surface area (Å²) in [7, 11) is 0. The molecule has 1 heterocycles. The van der Waals surface area contributed by atoms with Crippen molar-refractivity contribution in [2.45, 2.75) is 50.6 Å². The molecule has 3 nitrogen and oxygen atoms in total. The maximum atomic E-state index is 12.4. The lowest BCUT2D eigenvalue weighted by atomic mass is 10.1. The number of benzene rings is 1. The van der Waals surface area contributed by atoms with Crippen LogP contribution in [0.5, 0.6) is 0 Å². The number of carbonyl (C=O) groups excluding carboxylic acids is 1. The van der Waals surface area contributed by atoms with Crippen LogP contribution in [0.15, 0.2) is 24.3 Å². The van der Waals surface area contributed by atoms with Crippen molar-refractivity contribution in [1.82, 2.24) is 10.2 Å². The van der Waals surface area contributed by atoms with Crippen molar-refractivity contribution in [1.29, 1.82) is 0 Å². The lowest BCUT2D eigenvalue weighted by Crippen LogP contribution is -2.43. The Morgan fingerprint density at radius 1 is 1.10 bits per heavy atom. The van der Waals surface area contributed by atoms with Gasteiger partial charge in [-0.25, -0.2) is 4.79 Å². The van der Waals surface area contributed by atoms with Gasteiger partial charge in [0.25, 0.3) is 0 Å². The number of rotatable bonds is 2. The molecule has 0 radical (unpaired) electrons. The molecule has 1 N–H and O–H groups in total. The number of hydrogen-bond acceptors (Lipinski definition) is 1. The Balaban J connectivity index is 1.68. The third kappa shape index (κ3) is 2.93. The molecule has 108 valence electrons. The van der Waals surface area contributed by atoms with Gasteiger partial charge in [-0.2, -0.15) is 0 Å². The van der Waals surface area contributed by atoms with Crippen LogP contribution in [0, 0.1) is 0 Å². The number of halogens is 1. The standard InChI is InChI=1S/C16H21ClN2O/c17-13-9-7-12(8-10-13)15-6-3-11-19(15)16(20)18-14-4-1-2-5-14/h7-10,14-15H,1-6,11H2,(H,18,20)/t15-/m1/s1. The number of carbonyl (C=O) groups is 1. The van der Waals surface area contributed by atoms with Gasteiger partial charge in [-0.3, -0.25) is 0 Å². The number of amides is 2. The fourth-order valence-corrected chi connectivity index (χ4v) is 3.49. The van der Waals surface area contributed by atoms with Gasteiger partial charge >= 0.3 is 6.03 Å². The summed E-state index contributed by atoms with van der Waals surface area (Å²) in [6.45, 7) is 0.853. The lowest BCUT2D eigenvalue weighted by Gasteiger charge is -2.27. The molecule has 2 amide bonds. The average Bonchev–Trinajstić information content (AvgIpc) is 3.10. The van der Waals surface area contributed by atoms with Gasteiger partial charge in [-0.05, 0) is 43.4 Å². The molecule has 2 aliphatic rings. The number of nitrogens with one attached hydrogen (secondary N) is 1. The van der Waals surface area contributed by atoms with E-state index in [2.05, 4.69) is 5.32 Å². The van der Waals surface area contributed by atoms with Crippen molar-refractivity contribution in [3.63, 3.8) is 0 Å². The van der Waals surface area contributed by atoms with Crippen molar-refractivity contribution in [2.75, 3.05) is 6.54 Å². The molecule has 1 atom stereocenters. The van der Waals surface area contributed by atoms with Gasteiger partial charge in [-0.1, -0.05) is 36.6 Å². The Bertz CT molecular complexity index is 468. The van der Waals surface area contributed by atoms with E-state index >= 15 is 0 Å². The topological polar surface area (TPSA) is 32.3 Å². The Morgan fingerprint density at radius 2 is 1.80 bits per heavy atom. The van der Waals surface area contributed by atoms with Crippen LogP contribution in [0.2, 0.25) is 5.02 Å². The first-order chi connectivity index (χ1) is 9.74. The van der Waals surface area contributed by atoms with Crippen LogP contribution in [0.3, 0.4) is 0 Å². The molecule has 1 aliphatic heterocycles. The number of likely N-dealkylation sites (tertiary alicyclic amines) is 1. The highest BCUT2D eigenvalue weighted by atomic mass is 35.5. The number of hydrogen-bond donors (Lipinski definition) is 1. The van der Waals surface area contributed by atoms with Gasteiger partial charge in [0, 0.05) is 17.6 Å². The molecule has 20 heavy (non-hydrogen) atoms. The van der Waals surface area contributed by atoms with E-state index in [4.69, 9.17) is 11.6 Å². The average molecular weight is 293 g/mol. The number of urea groups is 1. The minimum atomic E-state index is 0.106. The van der Waals surface area contributed by atoms with Crippen molar-refractivity contribution < 1.29 is 4.79 Å². The first-order valence-corrected chi connectivity index (χ1v) is 7.94.